The first-order valence-electron chi connectivity index (χ1n) is 6.35. The second-order valence-corrected chi connectivity index (χ2v) is 5.70. The molecule has 1 N–H and O–H groups in total. The zero-order valence-corrected chi connectivity index (χ0v) is 12.1. The predicted octanol–water partition coefficient (Wildman–Crippen LogP) is 4.32. The van der Waals surface area contributed by atoms with Gasteiger partial charge in [-0.25, -0.2) is 0 Å². The van der Waals surface area contributed by atoms with Crippen molar-refractivity contribution in [3.8, 4) is 6.07 Å². The molecule has 0 aliphatic carbocycles. The number of nitrogens with one attached hydrogen (secondary N) is 1. The van der Waals surface area contributed by atoms with E-state index in [4.69, 9.17) is 16.9 Å². The highest BCUT2D eigenvalue weighted by atomic mass is 35.5. The minimum atomic E-state index is -0.227. The van der Waals surface area contributed by atoms with Gasteiger partial charge in [-0.1, -0.05) is 29.8 Å². The zero-order valence-electron chi connectivity index (χ0n) is 11.3. The van der Waals surface area contributed by atoms with Gasteiger partial charge in [0, 0.05) is 11.1 Å². The molecular formula is C15H21ClN2. The Hall–Kier alpha value is -1.04. The molecule has 1 aromatic rings. The first-order chi connectivity index (χ1) is 8.46. The van der Waals surface area contributed by atoms with E-state index < -0.39 is 0 Å². The van der Waals surface area contributed by atoms with Crippen molar-refractivity contribution in [3.05, 3.63) is 34.9 Å². The van der Waals surface area contributed by atoms with Crippen molar-refractivity contribution in [1.82, 2.24) is 5.32 Å². The normalized spacial score (nSPS) is 13.1. The smallest absolute Gasteiger partial charge is 0.0683 e. The molecule has 0 saturated carbocycles. The summed E-state index contributed by atoms with van der Waals surface area (Å²) in [7, 11) is 0. The van der Waals surface area contributed by atoms with Crippen molar-refractivity contribution in [2.24, 2.45) is 5.41 Å². The average Bonchev–Trinajstić information content (AvgIpc) is 2.35. The number of rotatable bonds is 6. The lowest BCUT2D eigenvalue weighted by Gasteiger charge is -2.18. The molecule has 1 atom stereocenters. The molecule has 0 amide bonds. The summed E-state index contributed by atoms with van der Waals surface area (Å²) in [6.07, 6.45) is 1.90. The molecule has 0 aliphatic heterocycles. The fourth-order valence-electron chi connectivity index (χ4n) is 1.84. The van der Waals surface area contributed by atoms with Gasteiger partial charge >= 0.3 is 0 Å². The Kier molecular flexibility index (Phi) is 5.65. The van der Waals surface area contributed by atoms with E-state index in [-0.39, 0.29) is 11.5 Å². The molecule has 0 spiro atoms. The minimum absolute atomic E-state index is 0.227. The van der Waals surface area contributed by atoms with E-state index in [1.54, 1.807) is 0 Å². The zero-order chi connectivity index (χ0) is 13.6. The van der Waals surface area contributed by atoms with Crippen LogP contribution >= 0.6 is 11.6 Å². The number of nitriles is 1. The van der Waals surface area contributed by atoms with Gasteiger partial charge in [0.15, 0.2) is 0 Å². The van der Waals surface area contributed by atoms with Gasteiger partial charge in [0.2, 0.25) is 0 Å². The second kappa shape index (κ2) is 6.78. The summed E-state index contributed by atoms with van der Waals surface area (Å²) in [4.78, 5) is 0. The van der Waals surface area contributed by atoms with Gasteiger partial charge < -0.3 is 5.32 Å². The number of nitrogens with zero attached hydrogens (tertiary/aromatic N) is 1. The average molecular weight is 265 g/mol. The van der Waals surface area contributed by atoms with Crippen LogP contribution in [0.1, 0.15) is 45.2 Å². The Morgan fingerprint density at radius 2 is 2.06 bits per heavy atom. The quantitative estimate of drug-likeness (QED) is 0.777. The largest absolute Gasteiger partial charge is 0.310 e. The van der Waals surface area contributed by atoms with Crippen LogP contribution in [0.2, 0.25) is 5.02 Å². The number of hydrogen-bond acceptors (Lipinski definition) is 2. The Labute approximate surface area is 115 Å². The van der Waals surface area contributed by atoms with Crippen molar-refractivity contribution < 1.29 is 0 Å². The molecule has 0 unspecified atom stereocenters. The summed E-state index contributed by atoms with van der Waals surface area (Å²) < 4.78 is 0. The van der Waals surface area contributed by atoms with Crippen molar-refractivity contribution >= 4 is 11.6 Å². The first kappa shape index (κ1) is 15.0. The Morgan fingerprint density at radius 3 is 2.67 bits per heavy atom. The number of halogens is 1. The standard InChI is InChI=1S/C15H21ClN2/c1-12(13-7-4-5-8-14(13)16)18-10-6-9-15(2,3)11-17/h4-5,7-8,12,18H,6,9-10H2,1-3H3/t12-/m1/s1. The summed E-state index contributed by atoms with van der Waals surface area (Å²) in [5.74, 6) is 0. The lowest BCUT2D eigenvalue weighted by Crippen LogP contribution is -2.21. The van der Waals surface area contributed by atoms with Crippen LogP contribution in [-0.2, 0) is 0 Å². The Morgan fingerprint density at radius 1 is 1.39 bits per heavy atom. The van der Waals surface area contributed by atoms with Crippen LogP contribution in [0.4, 0.5) is 0 Å². The maximum absolute atomic E-state index is 8.93. The SMILES string of the molecule is C[C@@H](NCCCC(C)(C)C#N)c1ccccc1Cl. The summed E-state index contributed by atoms with van der Waals surface area (Å²) in [6, 6.07) is 10.4. The van der Waals surface area contributed by atoms with E-state index in [2.05, 4.69) is 18.3 Å². The highest BCUT2D eigenvalue weighted by Crippen LogP contribution is 2.23. The third-order valence-electron chi connectivity index (χ3n) is 3.10. The van der Waals surface area contributed by atoms with Crippen LogP contribution in [-0.4, -0.2) is 6.54 Å². The molecule has 0 aromatic heterocycles. The van der Waals surface area contributed by atoms with Gasteiger partial charge in [-0.05, 0) is 51.8 Å². The second-order valence-electron chi connectivity index (χ2n) is 5.30. The summed E-state index contributed by atoms with van der Waals surface area (Å²) in [5.41, 5.74) is 0.897. The Balaban J connectivity index is 2.37. The highest BCUT2D eigenvalue weighted by molar-refractivity contribution is 6.31. The first-order valence-corrected chi connectivity index (χ1v) is 6.73. The van der Waals surface area contributed by atoms with Crippen LogP contribution in [0.25, 0.3) is 0 Å². The lowest BCUT2D eigenvalue weighted by atomic mass is 9.90. The van der Waals surface area contributed by atoms with E-state index in [0.717, 1.165) is 30.0 Å². The van der Waals surface area contributed by atoms with Crippen LogP contribution in [0.3, 0.4) is 0 Å². The van der Waals surface area contributed by atoms with Crippen LogP contribution in [0.5, 0.6) is 0 Å². The molecule has 98 valence electrons. The van der Waals surface area contributed by atoms with Gasteiger partial charge in [-0.2, -0.15) is 5.26 Å². The van der Waals surface area contributed by atoms with Gasteiger partial charge in [-0.15, -0.1) is 0 Å². The predicted molar refractivity (Wildman–Crippen MR) is 76.5 cm³/mol. The third-order valence-corrected chi connectivity index (χ3v) is 3.45. The molecule has 1 rings (SSSR count). The van der Waals surface area contributed by atoms with Crippen LogP contribution < -0.4 is 5.32 Å². The summed E-state index contributed by atoms with van der Waals surface area (Å²) in [5, 5.41) is 13.2. The lowest BCUT2D eigenvalue weighted by molar-refractivity contribution is 0.417. The molecule has 0 bridgehead atoms. The maximum Gasteiger partial charge on any atom is 0.0683 e. The summed E-state index contributed by atoms with van der Waals surface area (Å²) >= 11 is 6.14. The van der Waals surface area contributed by atoms with Gasteiger partial charge in [0.25, 0.3) is 0 Å². The molecule has 0 heterocycles. The molecule has 1 aromatic carbocycles. The van der Waals surface area contributed by atoms with Gasteiger partial charge in [0.05, 0.1) is 11.5 Å². The van der Waals surface area contributed by atoms with E-state index in [9.17, 15) is 0 Å². The molecule has 2 nitrogen and oxygen atoms in total. The molecule has 0 radical (unpaired) electrons. The van der Waals surface area contributed by atoms with E-state index >= 15 is 0 Å². The highest BCUT2D eigenvalue weighted by Gasteiger charge is 2.16. The van der Waals surface area contributed by atoms with E-state index in [1.165, 1.54) is 0 Å². The van der Waals surface area contributed by atoms with E-state index in [1.807, 2.05) is 38.1 Å². The minimum Gasteiger partial charge on any atom is -0.310 e. The maximum atomic E-state index is 8.93. The molecule has 0 fully saturated rings. The van der Waals surface area contributed by atoms with Crippen molar-refractivity contribution in [2.45, 2.75) is 39.7 Å². The molecule has 18 heavy (non-hydrogen) atoms. The Bertz CT molecular complexity index is 421. The molecule has 3 heteroatoms. The van der Waals surface area contributed by atoms with Crippen molar-refractivity contribution in [3.63, 3.8) is 0 Å². The van der Waals surface area contributed by atoms with Crippen molar-refractivity contribution in [2.75, 3.05) is 6.54 Å². The number of hydrogen-bond donors (Lipinski definition) is 1. The summed E-state index contributed by atoms with van der Waals surface area (Å²) in [6.45, 7) is 6.96. The number of benzene rings is 1. The van der Waals surface area contributed by atoms with Gasteiger partial charge in [0.1, 0.15) is 0 Å². The molecule has 0 saturated heterocycles. The topological polar surface area (TPSA) is 35.8 Å². The van der Waals surface area contributed by atoms with Crippen LogP contribution in [0, 0.1) is 16.7 Å². The van der Waals surface area contributed by atoms with Crippen LogP contribution in [0.15, 0.2) is 24.3 Å². The third kappa shape index (κ3) is 4.68. The van der Waals surface area contributed by atoms with Crippen molar-refractivity contribution in [1.29, 1.82) is 5.26 Å². The molecular weight excluding hydrogens is 244 g/mol. The van der Waals surface area contributed by atoms with Gasteiger partial charge in [-0.3, -0.25) is 0 Å². The fourth-order valence-corrected chi connectivity index (χ4v) is 2.14. The molecule has 0 aliphatic rings. The fraction of sp³-hybridized carbons (Fsp3) is 0.533. The van der Waals surface area contributed by atoms with E-state index in [0.29, 0.717) is 0 Å². The monoisotopic (exact) mass is 264 g/mol.